The van der Waals surface area contributed by atoms with Crippen molar-refractivity contribution in [3.05, 3.63) is 11.9 Å². The number of nitrogens with zero attached hydrogens (tertiary/aromatic N) is 2. The Morgan fingerprint density at radius 3 is 2.00 bits per heavy atom. The van der Waals surface area contributed by atoms with E-state index >= 15 is 0 Å². The van der Waals surface area contributed by atoms with Gasteiger partial charge in [0.1, 0.15) is 17.5 Å². The summed E-state index contributed by atoms with van der Waals surface area (Å²) in [5.41, 5.74) is 6.00. The molecule has 0 fully saturated rings. The van der Waals surface area contributed by atoms with Crippen molar-refractivity contribution in [1.29, 1.82) is 0 Å². The summed E-state index contributed by atoms with van der Waals surface area (Å²) in [6.45, 7) is 17.4. The zero-order valence-corrected chi connectivity index (χ0v) is 14.3. The Bertz CT molecular complexity index is 464. The zero-order valence-electron chi connectivity index (χ0n) is 14.3. The summed E-state index contributed by atoms with van der Waals surface area (Å²) in [7, 11) is 0. The molecule has 0 atom stereocenters. The van der Waals surface area contributed by atoms with Crippen molar-refractivity contribution in [3.8, 4) is 0 Å². The van der Waals surface area contributed by atoms with Crippen LogP contribution < -0.4 is 11.1 Å². The maximum Gasteiger partial charge on any atom is 0.138 e. The van der Waals surface area contributed by atoms with E-state index < -0.39 is 0 Å². The molecule has 0 aliphatic heterocycles. The molecule has 0 unspecified atom stereocenters. The van der Waals surface area contributed by atoms with Crippen LogP contribution in [0.4, 0.5) is 11.6 Å². The van der Waals surface area contributed by atoms with Crippen LogP contribution in [0.25, 0.3) is 0 Å². The minimum Gasteiger partial charge on any atom is -0.384 e. The standard InChI is InChI=1S/C16H30N4/c1-14(2,3)10-16(7,8)20-12-9-11(17)18-13(19-12)15(4,5)6/h9H,10H2,1-8H3,(H3,17,18,19,20). The number of aromatic nitrogens is 2. The Hall–Kier alpha value is -1.32. The zero-order chi connectivity index (χ0) is 15.8. The van der Waals surface area contributed by atoms with Gasteiger partial charge in [-0.2, -0.15) is 0 Å². The summed E-state index contributed by atoms with van der Waals surface area (Å²) in [6, 6.07) is 1.81. The molecule has 1 heterocycles. The third kappa shape index (κ3) is 5.35. The molecule has 4 nitrogen and oxygen atoms in total. The Kier molecular flexibility index (Phi) is 4.37. The van der Waals surface area contributed by atoms with Crippen molar-refractivity contribution < 1.29 is 0 Å². The smallest absolute Gasteiger partial charge is 0.138 e. The van der Waals surface area contributed by atoms with E-state index in [0.717, 1.165) is 18.1 Å². The average molecular weight is 278 g/mol. The second-order valence-electron chi connectivity index (χ2n) is 8.50. The van der Waals surface area contributed by atoms with Crippen molar-refractivity contribution in [2.24, 2.45) is 5.41 Å². The first kappa shape index (κ1) is 16.7. The largest absolute Gasteiger partial charge is 0.384 e. The normalized spacial score (nSPS) is 13.4. The highest BCUT2D eigenvalue weighted by Gasteiger charge is 2.26. The van der Waals surface area contributed by atoms with Gasteiger partial charge in [-0.25, -0.2) is 9.97 Å². The second kappa shape index (κ2) is 5.23. The molecule has 4 heteroatoms. The third-order valence-corrected chi connectivity index (χ3v) is 2.86. The minimum atomic E-state index is -0.111. The van der Waals surface area contributed by atoms with Crippen LogP contribution >= 0.6 is 0 Å². The molecule has 0 aliphatic carbocycles. The number of anilines is 2. The first-order valence-corrected chi connectivity index (χ1v) is 7.22. The van der Waals surface area contributed by atoms with Crippen LogP contribution in [0.5, 0.6) is 0 Å². The lowest BCUT2D eigenvalue weighted by Crippen LogP contribution is -2.36. The molecule has 3 N–H and O–H groups in total. The molecule has 0 aromatic carbocycles. The SMILES string of the molecule is CC(C)(C)CC(C)(C)Nc1cc(N)nc(C(C)(C)C)n1. The number of hydrogen-bond donors (Lipinski definition) is 2. The first-order valence-electron chi connectivity index (χ1n) is 7.22. The summed E-state index contributed by atoms with van der Waals surface area (Å²) in [5, 5.41) is 3.50. The van der Waals surface area contributed by atoms with Gasteiger partial charge in [0.25, 0.3) is 0 Å². The molecule has 1 aromatic heterocycles. The average Bonchev–Trinajstić information content (AvgIpc) is 2.09. The highest BCUT2D eigenvalue weighted by atomic mass is 15.1. The van der Waals surface area contributed by atoms with Gasteiger partial charge in [0.2, 0.25) is 0 Å². The van der Waals surface area contributed by atoms with Crippen molar-refractivity contribution in [3.63, 3.8) is 0 Å². The lowest BCUT2D eigenvalue weighted by atomic mass is 9.82. The number of hydrogen-bond acceptors (Lipinski definition) is 4. The molecule has 0 spiro atoms. The van der Waals surface area contributed by atoms with Gasteiger partial charge in [0, 0.05) is 17.0 Å². The van der Waals surface area contributed by atoms with Gasteiger partial charge >= 0.3 is 0 Å². The van der Waals surface area contributed by atoms with E-state index in [2.05, 4.69) is 70.7 Å². The molecule has 114 valence electrons. The van der Waals surface area contributed by atoms with Crippen molar-refractivity contribution in [2.75, 3.05) is 11.1 Å². The van der Waals surface area contributed by atoms with Crippen LogP contribution in [-0.2, 0) is 5.41 Å². The van der Waals surface area contributed by atoms with E-state index in [1.54, 1.807) is 6.07 Å². The molecular formula is C16H30N4. The van der Waals surface area contributed by atoms with E-state index in [-0.39, 0.29) is 16.4 Å². The molecule has 0 aliphatic rings. The third-order valence-electron chi connectivity index (χ3n) is 2.86. The topological polar surface area (TPSA) is 63.8 Å². The minimum absolute atomic E-state index is 0.0474. The fraction of sp³-hybridized carbons (Fsp3) is 0.750. The summed E-state index contributed by atoms with van der Waals surface area (Å²) in [5.74, 6) is 2.09. The van der Waals surface area contributed by atoms with Gasteiger partial charge in [-0.05, 0) is 25.7 Å². The Labute approximate surface area is 123 Å². The van der Waals surface area contributed by atoms with Crippen LogP contribution in [0.15, 0.2) is 6.07 Å². The quantitative estimate of drug-likeness (QED) is 0.877. The molecule has 0 amide bonds. The number of nitrogens with two attached hydrogens (primary N) is 1. The van der Waals surface area contributed by atoms with E-state index in [1.807, 2.05) is 0 Å². The van der Waals surface area contributed by atoms with Gasteiger partial charge < -0.3 is 11.1 Å². The Balaban J connectivity index is 3.01. The van der Waals surface area contributed by atoms with E-state index in [4.69, 9.17) is 5.73 Å². The van der Waals surface area contributed by atoms with E-state index in [1.165, 1.54) is 0 Å². The van der Waals surface area contributed by atoms with Crippen LogP contribution in [-0.4, -0.2) is 15.5 Å². The molecule has 0 saturated heterocycles. The van der Waals surface area contributed by atoms with Crippen LogP contribution in [0.3, 0.4) is 0 Å². The van der Waals surface area contributed by atoms with E-state index in [0.29, 0.717) is 5.82 Å². The van der Waals surface area contributed by atoms with Crippen LogP contribution in [0.2, 0.25) is 0 Å². The monoisotopic (exact) mass is 278 g/mol. The van der Waals surface area contributed by atoms with Gasteiger partial charge in [0.15, 0.2) is 0 Å². The van der Waals surface area contributed by atoms with Gasteiger partial charge in [-0.1, -0.05) is 41.5 Å². The van der Waals surface area contributed by atoms with Crippen molar-refractivity contribution >= 4 is 11.6 Å². The van der Waals surface area contributed by atoms with Gasteiger partial charge in [0.05, 0.1) is 0 Å². The Morgan fingerprint density at radius 1 is 1.00 bits per heavy atom. The molecule has 1 aromatic rings. The van der Waals surface area contributed by atoms with Gasteiger partial charge in [-0.15, -0.1) is 0 Å². The predicted molar refractivity (Wildman–Crippen MR) is 86.9 cm³/mol. The maximum atomic E-state index is 5.91. The van der Waals surface area contributed by atoms with Crippen LogP contribution in [0.1, 0.15) is 67.6 Å². The summed E-state index contributed by atoms with van der Waals surface area (Å²) < 4.78 is 0. The fourth-order valence-electron chi connectivity index (χ4n) is 2.58. The second-order valence-corrected chi connectivity index (χ2v) is 8.50. The number of nitrogens with one attached hydrogen (secondary N) is 1. The molecule has 20 heavy (non-hydrogen) atoms. The highest BCUT2D eigenvalue weighted by Crippen LogP contribution is 2.30. The molecule has 0 saturated carbocycles. The lowest BCUT2D eigenvalue weighted by Gasteiger charge is -2.34. The molecular weight excluding hydrogens is 248 g/mol. The van der Waals surface area contributed by atoms with Gasteiger partial charge in [-0.3, -0.25) is 0 Å². The van der Waals surface area contributed by atoms with E-state index in [9.17, 15) is 0 Å². The predicted octanol–water partition coefficient (Wildman–Crippen LogP) is 3.98. The summed E-state index contributed by atoms with van der Waals surface area (Å²) >= 11 is 0. The summed E-state index contributed by atoms with van der Waals surface area (Å²) in [4.78, 5) is 8.95. The molecule has 0 bridgehead atoms. The Morgan fingerprint density at radius 2 is 1.55 bits per heavy atom. The maximum absolute atomic E-state index is 5.91. The first-order chi connectivity index (χ1) is 8.78. The number of rotatable bonds is 3. The van der Waals surface area contributed by atoms with Crippen LogP contribution in [0, 0.1) is 5.41 Å². The van der Waals surface area contributed by atoms with Crippen molar-refractivity contribution in [2.45, 2.75) is 72.8 Å². The fourth-order valence-corrected chi connectivity index (χ4v) is 2.58. The lowest BCUT2D eigenvalue weighted by molar-refractivity contribution is 0.302. The summed E-state index contributed by atoms with van der Waals surface area (Å²) in [6.07, 6.45) is 1.04. The van der Waals surface area contributed by atoms with Crippen molar-refractivity contribution in [1.82, 2.24) is 9.97 Å². The highest BCUT2D eigenvalue weighted by molar-refractivity contribution is 5.46. The molecule has 0 radical (unpaired) electrons. The molecule has 1 rings (SSSR count). The number of nitrogen functional groups attached to an aromatic ring is 1.